The molecule has 2 fully saturated rings. The van der Waals surface area contributed by atoms with Crippen molar-refractivity contribution < 1.29 is 0 Å². The van der Waals surface area contributed by atoms with Gasteiger partial charge in [0.25, 0.3) is 0 Å². The molecule has 154 valence electrons. The van der Waals surface area contributed by atoms with Crippen LogP contribution in [0.1, 0.15) is 113 Å². The minimum Gasteiger partial charge on any atom is -0.0654 e. The van der Waals surface area contributed by atoms with Gasteiger partial charge in [0.2, 0.25) is 0 Å². The van der Waals surface area contributed by atoms with Gasteiger partial charge in [-0.05, 0) is 85.4 Å². The third kappa shape index (κ3) is 6.00. The summed E-state index contributed by atoms with van der Waals surface area (Å²) in [6, 6.07) is 0. The lowest BCUT2D eigenvalue weighted by atomic mass is 9.60. The first-order valence-electron chi connectivity index (χ1n) is 12.3. The molecule has 0 aliphatic heterocycles. The molecule has 26 heavy (non-hydrogen) atoms. The first-order valence-corrected chi connectivity index (χ1v) is 12.3. The summed E-state index contributed by atoms with van der Waals surface area (Å²) in [5, 5.41) is 0. The number of unbranched alkanes of at least 4 members (excludes halogenated alkanes) is 1. The van der Waals surface area contributed by atoms with Crippen LogP contribution in [0, 0.1) is 53.3 Å². The second-order valence-electron chi connectivity index (χ2n) is 11.2. The molecule has 0 saturated heterocycles. The second kappa shape index (κ2) is 10.5. The van der Waals surface area contributed by atoms with Gasteiger partial charge >= 0.3 is 0 Å². The standard InChI is InChI=1S/C26H50/c1-8-9-10-22(26-16-21(7)12-14-25(26)19(4)5)17-23-15-20(6)11-13-24(23)18(2)3/h18-26H,8-17H2,1-7H3. The molecule has 2 aliphatic rings. The zero-order chi connectivity index (χ0) is 19.3. The summed E-state index contributed by atoms with van der Waals surface area (Å²) in [5.74, 6) is 8.69. The monoisotopic (exact) mass is 362 g/mol. The van der Waals surface area contributed by atoms with Gasteiger partial charge in [-0.15, -0.1) is 0 Å². The van der Waals surface area contributed by atoms with E-state index in [9.17, 15) is 0 Å². The van der Waals surface area contributed by atoms with Crippen LogP contribution in [-0.2, 0) is 0 Å². The molecule has 0 heterocycles. The predicted molar refractivity (Wildman–Crippen MR) is 117 cm³/mol. The highest BCUT2D eigenvalue weighted by Gasteiger charge is 2.39. The molecule has 7 unspecified atom stereocenters. The van der Waals surface area contributed by atoms with Crippen molar-refractivity contribution in [3.8, 4) is 0 Å². The summed E-state index contributed by atoms with van der Waals surface area (Å²) >= 11 is 0. The van der Waals surface area contributed by atoms with E-state index in [1.54, 1.807) is 6.42 Å². The zero-order valence-electron chi connectivity index (χ0n) is 19.3. The number of hydrogen-bond acceptors (Lipinski definition) is 0. The van der Waals surface area contributed by atoms with Crippen LogP contribution in [0.2, 0.25) is 0 Å². The SMILES string of the molecule is CCCCC(CC1CC(C)CCC1C(C)C)C1CC(C)CCC1C(C)C. The van der Waals surface area contributed by atoms with Crippen LogP contribution in [0.4, 0.5) is 0 Å². The molecule has 0 aromatic heterocycles. The Balaban J connectivity index is 2.15. The van der Waals surface area contributed by atoms with Crippen molar-refractivity contribution in [2.75, 3.05) is 0 Å². The summed E-state index contributed by atoms with van der Waals surface area (Å²) in [4.78, 5) is 0. The molecule has 2 aliphatic carbocycles. The van der Waals surface area contributed by atoms with Crippen LogP contribution >= 0.6 is 0 Å². The third-order valence-electron chi connectivity index (χ3n) is 8.37. The molecule has 0 nitrogen and oxygen atoms in total. The van der Waals surface area contributed by atoms with E-state index < -0.39 is 0 Å². The van der Waals surface area contributed by atoms with E-state index in [0.717, 1.165) is 53.3 Å². The molecule has 0 heteroatoms. The zero-order valence-corrected chi connectivity index (χ0v) is 19.3. The Morgan fingerprint density at radius 1 is 0.731 bits per heavy atom. The Bertz CT molecular complexity index is 381. The average molecular weight is 363 g/mol. The van der Waals surface area contributed by atoms with Gasteiger partial charge in [0.1, 0.15) is 0 Å². The molecular formula is C26H50. The van der Waals surface area contributed by atoms with E-state index in [1.807, 2.05) is 0 Å². The Hall–Kier alpha value is 0. The van der Waals surface area contributed by atoms with Gasteiger partial charge in [-0.2, -0.15) is 0 Å². The molecule has 0 aromatic carbocycles. The highest BCUT2D eigenvalue weighted by atomic mass is 14.4. The van der Waals surface area contributed by atoms with Crippen molar-refractivity contribution in [1.29, 1.82) is 0 Å². The summed E-state index contributed by atoms with van der Waals surface area (Å²) in [5.41, 5.74) is 0. The molecular weight excluding hydrogens is 312 g/mol. The fourth-order valence-electron chi connectivity index (χ4n) is 6.85. The van der Waals surface area contributed by atoms with Gasteiger partial charge in [0.15, 0.2) is 0 Å². The molecule has 2 rings (SSSR count). The predicted octanol–water partition coefficient (Wildman–Crippen LogP) is 8.60. The van der Waals surface area contributed by atoms with Crippen LogP contribution in [0.25, 0.3) is 0 Å². The topological polar surface area (TPSA) is 0 Å². The van der Waals surface area contributed by atoms with Crippen molar-refractivity contribution in [3.05, 3.63) is 0 Å². The minimum absolute atomic E-state index is 0.878. The Labute approximate surface area is 166 Å². The molecule has 7 atom stereocenters. The van der Waals surface area contributed by atoms with E-state index in [1.165, 1.54) is 57.8 Å². The molecule has 2 saturated carbocycles. The lowest BCUT2D eigenvalue weighted by molar-refractivity contribution is 0.0467. The molecule has 0 spiro atoms. The first-order chi connectivity index (χ1) is 12.3. The van der Waals surface area contributed by atoms with Crippen molar-refractivity contribution >= 4 is 0 Å². The van der Waals surface area contributed by atoms with Gasteiger partial charge in [0, 0.05) is 0 Å². The maximum atomic E-state index is 2.53. The van der Waals surface area contributed by atoms with Crippen molar-refractivity contribution in [2.24, 2.45) is 53.3 Å². The van der Waals surface area contributed by atoms with Crippen LogP contribution in [0.3, 0.4) is 0 Å². The smallest absolute Gasteiger partial charge is 0.0352 e. The summed E-state index contributed by atoms with van der Waals surface area (Å²) in [7, 11) is 0. The largest absolute Gasteiger partial charge is 0.0654 e. The van der Waals surface area contributed by atoms with Crippen molar-refractivity contribution in [2.45, 2.75) is 113 Å². The van der Waals surface area contributed by atoms with E-state index >= 15 is 0 Å². The molecule has 0 aromatic rings. The molecule has 0 N–H and O–H groups in total. The lowest BCUT2D eigenvalue weighted by Crippen LogP contribution is -2.36. The van der Waals surface area contributed by atoms with Gasteiger partial charge < -0.3 is 0 Å². The van der Waals surface area contributed by atoms with Gasteiger partial charge in [0.05, 0.1) is 0 Å². The summed E-state index contributed by atoms with van der Waals surface area (Å²) in [6.45, 7) is 17.4. The normalized spacial score (nSPS) is 37.3. The quantitative estimate of drug-likeness (QED) is 0.405. The number of rotatable bonds is 8. The van der Waals surface area contributed by atoms with Crippen LogP contribution in [-0.4, -0.2) is 0 Å². The van der Waals surface area contributed by atoms with Gasteiger partial charge in [-0.25, -0.2) is 0 Å². The first kappa shape index (κ1) is 22.3. The molecule has 0 bridgehead atoms. The van der Waals surface area contributed by atoms with E-state index in [0.29, 0.717) is 0 Å². The van der Waals surface area contributed by atoms with Crippen molar-refractivity contribution in [3.63, 3.8) is 0 Å². The number of hydrogen-bond donors (Lipinski definition) is 0. The minimum atomic E-state index is 0.878. The van der Waals surface area contributed by atoms with E-state index in [-0.39, 0.29) is 0 Å². The van der Waals surface area contributed by atoms with Crippen LogP contribution < -0.4 is 0 Å². The fraction of sp³-hybridized carbons (Fsp3) is 1.00. The molecule has 0 radical (unpaired) electrons. The average Bonchev–Trinajstić information content (AvgIpc) is 2.58. The van der Waals surface area contributed by atoms with Gasteiger partial charge in [-0.3, -0.25) is 0 Å². The Morgan fingerprint density at radius 3 is 1.88 bits per heavy atom. The maximum Gasteiger partial charge on any atom is -0.0352 e. The second-order valence-corrected chi connectivity index (χ2v) is 11.2. The Kier molecular flexibility index (Phi) is 9.02. The highest BCUT2D eigenvalue weighted by molar-refractivity contribution is 4.89. The van der Waals surface area contributed by atoms with E-state index in [2.05, 4.69) is 48.5 Å². The Morgan fingerprint density at radius 2 is 1.31 bits per heavy atom. The third-order valence-corrected chi connectivity index (χ3v) is 8.37. The van der Waals surface area contributed by atoms with E-state index in [4.69, 9.17) is 0 Å². The maximum absolute atomic E-state index is 2.53. The lowest BCUT2D eigenvalue weighted by Gasteiger charge is -2.45. The van der Waals surface area contributed by atoms with Crippen molar-refractivity contribution in [1.82, 2.24) is 0 Å². The van der Waals surface area contributed by atoms with Gasteiger partial charge in [-0.1, -0.05) is 80.6 Å². The molecule has 0 amide bonds. The summed E-state index contributed by atoms with van der Waals surface area (Å²) < 4.78 is 0. The van der Waals surface area contributed by atoms with Crippen LogP contribution in [0.5, 0.6) is 0 Å². The summed E-state index contributed by atoms with van der Waals surface area (Å²) in [6.07, 6.45) is 14.9. The fourth-order valence-corrected chi connectivity index (χ4v) is 6.85. The highest BCUT2D eigenvalue weighted by Crippen LogP contribution is 2.48. The van der Waals surface area contributed by atoms with Crippen LogP contribution in [0.15, 0.2) is 0 Å².